The molecule has 1 unspecified atom stereocenters. The molecule has 1 aliphatic heterocycles. The van der Waals surface area contributed by atoms with Crippen molar-refractivity contribution in [2.75, 3.05) is 11.4 Å². The lowest BCUT2D eigenvalue weighted by Gasteiger charge is -2.31. The van der Waals surface area contributed by atoms with Crippen molar-refractivity contribution in [3.05, 3.63) is 101 Å². The van der Waals surface area contributed by atoms with Crippen LogP contribution in [0.25, 0.3) is 0 Å². The van der Waals surface area contributed by atoms with Crippen molar-refractivity contribution in [3.8, 4) is 0 Å². The Balaban J connectivity index is 1.24. The highest BCUT2D eigenvalue weighted by atomic mass is 16.5. The number of hydrogen-bond acceptors (Lipinski definition) is 5. The summed E-state index contributed by atoms with van der Waals surface area (Å²) in [5.74, 6) is -1.85. The maximum absolute atomic E-state index is 13.9. The molecule has 0 aromatic heterocycles. The van der Waals surface area contributed by atoms with Crippen LogP contribution in [0.2, 0.25) is 0 Å². The van der Waals surface area contributed by atoms with E-state index in [-0.39, 0.29) is 25.0 Å². The van der Waals surface area contributed by atoms with E-state index >= 15 is 0 Å². The third-order valence-corrected chi connectivity index (χ3v) is 9.03. The Bertz CT molecular complexity index is 1480. The Hall–Kier alpha value is -4.46. The number of fused-ring (bicyclic) bond motifs is 1. The lowest BCUT2D eigenvalue weighted by molar-refractivity contribution is -0.144. The topological polar surface area (TPSA) is 113 Å². The number of para-hydroxylation sites is 1. The molecule has 2 N–H and O–H groups in total. The molecule has 2 aliphatic rings. The third-order valence-electron chi connectivity index (χ3n) is 9.03. The molecule has 0 saturated heterocycles. The highest BCUT2D eigenvalue weighted by Gasteiger charge is 2.43. The van der Waals surface area contributed by atoms with Gasteiger partial charge in [0.2, 0.25) is 11.8 Å². The number of carboxylic acids is 1. The van der Waals surface area contributed by atoms with Crippen molar-refractivity contribution < 1.29 is 29.0 Å². The summed E-state index contributed by atoms with van der Waals surface area (Å²) in [4.78, 5) is 53.8. The van der Waals surface area contributed by atoms with Crippen LogP contribution in [0, 0.1) is 5.41 Å². The summed E-state index contributed by atoms with van der Waals surface area (Å²) in [6.45, 7) is -0.119. The summed E-state index contributed by atoms with van der Waals surface area (Å²) in [5.41, 5.74) is 3.05. The first-order valence-corrected chi connectivity index (χ1v) is 15.6. The van der Waals surface area contributed by atoms with Crippen LogP contribution in [0.15, 0.2) is 78.9 Å². The fraction of sp³-hybridized carbons (Fsp3) is 0.389. The van der Waals surface area contributed by atoms with Crippen LogP contribution in [-0.4, -0.2) is 41.4 Å². The van der Waals surface area contributed by atoms with E-state index in [0.29, 0.717) is 36.9 Å². The number of unbranched alkanes of at least 4 members (excludes halogenated alkanes) is 1. The predicted molar refractivity (Wildman–Crippen MR) is 167 cm³/mol. The van der Waals surface area contributed by atoms with E-state index in [0.717, 1.165) is 55.2 Å². The van der Waals surface area contributed by atoms with Crippen molar-refractivity contribution in [1.82, 2.24) is 5.32 Å². The van der Waals surface area contributed by atoms with E-state index < -0.39 is 23.4 Å². The number of nitrogens with one attached hydrogen (secondary N) is 1. The second-order valence-corrected chi connectivity index (χ2v) is 11.9. The molecule has 0 bridgehead atoms. The fourth-order valence-corrected chi connectivity index (χ4v) is 6.60. The van der Waals surface area contributed by atoms with Gasteiger partial charge in [0.15, 0.2) is 0 Å². The quantitative estimate of drug-likeness (QED) is 0.200. The number of rotatable bonds is 12. The minimum absolute atomic E-state index is 0.100. The summed E-state index contributed by atoms with van der Waals surface area (Å²) in [6.07, 6.45) is 7.36. The van der Waals surface area contributed by atoms with Crippen LogP contribution in [0.3, 0.4) is 0 Å². The van der Waals surface area contributed by atoms with E-state index in [1.165, 1.54) is 4.90 Å². The van der Waals surface area contributed by atoms with Gasteiger partial charge in [0, 0.05) is 11.1 Å². The molecular formula is C36H40N2O6. The lowest BCUT2D eigenvalue weighted by Crippen LogP contribution is -2.52. The second-order valence-electron chi connectivity index (χ2n) is 11.9. The Kier molecular flexibility index (Phi) is 10.1. The zero-order valence-electron chi connectivity index (χ0n) is 25.0. The Morgan fingerprint density at radius 2 is 1.61 bits per heavy atom. The number of carbonyl (C=O) groups excluding carboxylic acids is 3. The van der Waals surface area contributed by atoms with Crippen LogP contribution < -0.4 is 10.2 Å². The van der Waals surface area contributed by atoms with E-state index in [2.05, 4.69) is 5.32 Å². The SMILES string of the molecule is O=C(CN1C(=O)C(NC(=O)C2(CCCCc3ccccc3C(=O)O)CCCC2)CCc2ccccc21)OCc1ccccc1. The van der Waals surface area contributed by atoms with Gasteiger partial charge in [0.05, 0.1) is 5.56 Å². The molecule has 44 heavy (non-hydrogen) atoms. The van der Waals surface area contributed by atoms with Gasteiger partial charge in [-0.15, -0.1) is 0 Å². The second kappa shape index (κ2) is 14.3. The van der Waals surface area contributed by atoms with E-state index in [1.807, 2.05) is 66.7 Å². The average Bonchev–Trinajstić information content (AvgIpc) is 3.49. The first kappa shape index (κ1) is 31.0. The number of esters is 1. The van der Waals surface area contributed by atoms with E-state index in [4.69, 9.17) is 4.74 Å². The molecule has 3 aromatic rings. The Labute approximate surface area is 258 Å². The fourth-order valence-electron chi connectivity index (χ4n) is 6.60. The molecule has 8 nitrogen and oxygen atoms in total. The number of hydrogen-bond donors (Lipinski definition) is 2. The molecule has 5 rings (SSSR count). The first-order valence-electron chi connectivity index (χ1n) is 15.6. The first-order chi connectivity index (χ1) is 21.4. The molecule has 0 radical (unpaired) electrons. The summed E-state index contributed by atoms with van der Waals surface area (Å²) in [5, 5.41) is 12.6. The number of carboxylic acid groups (broad SMARTS) is 1. The van der Waals surface area contributed by atoms with Crippen LogP contribution in [-0.2, 0) is 38.6 Å². The Morgan fingerprint density at radius 3 is 2.39 bits per heavy atom. The van der Waals surface area contributed by atoms with Gasteiger partial charge in [-0.2, -0.15) is 0 Å². The molecule has 1 aliphatic carbocycles. The summed E-state index contributed by atoms with van der Waals surface area (Å²) in [6, 6.07) is 23.2. The van der Waals surface area contributed by atoms with E-state index in [1.54, 1.807) is 12.1 Å². The highest BCUT2D eigenvalue weighted by Crippen LogP contribution is 2.43. The van der Waals surface area contributed by atoms with Crippen molar-refractivity contribution in [2.24, 2.45) is 5.41 Å². The van der Waals surface area contributed by atoms with Crippen molar-refractivity contribution in [2.45, 2.75) is 76.9 Å². The number of ether oxygens (including phenoxy) is 1. The number of nitrogens with zero attached hydrogens (tertiary/aromatic N) is 1. The smallest absolute Gasteiger partial charge is 0.335 e. The molecule has 230 valence electrons. The van der Waals surface area contributed by atoms with Gasteiger partial charge >= 0.3 is 11.9 Å². The van der Waals surface area contributed by atoms with Gasteiger partial charge in [0.25, 0.3) is 0 Å². The zero-order chi connectivity index (χ0) is 30.9. The lowest BCUT2D eigenvalue weighted by atomic mass is 9.79. The summed E-state index contributed by atoms with van der Waals surface area (Å²) < 4.78 is 5.50. The van der Waals surface area contributed by atoms with Crippen LogP contribution in [0.5, 0.6) is 0 Å². The molecule has 2 amide bonds. The number of benzene rings is 3. The number of anilines is 1. The minimum Gasteiger partial charge on any atom is -0.478 e. The normalized spacial score (nSPS) is 17.4. The van der Waals surface area contributed by atoms with Gasteiger partial charge in [-0.1, -0.05) is 86.0 Å². The van der Waals surface area contributed by atoms with Crippen LogP contribution >= 0.6 is 0 Å². The third kappa shape index (κ3) is 7.36. The summed E-state index contributed by atoms with van der Waals surface area (Å²) in [7, 11) is 0. The van der Waals surface area contributed by atoms with Gasteiger partial charge in [-0.05, 0) is 73.8 Å². The van der Waals surface area contributed by atoms with Crippen LogP contribution in [0.4, 0.5) is 5.69 Å². The predicted octanol–water partition coefficient (Wildman–Crippen LogP) is 5.87. The van der Waals surface area contributed by atoms with Gasteiger partial charge in [0.1, 0.15) is 19.2 Å². The standard InChI is InChI=1S/C36H40N2O6/c39-32(44-25-26-12-2-1-3-13-26)24-38-31-18-7-5-16-28(31)19-20-30(33(38)40)37-35(43)36(22-10-11-23-36)21-9-8-15-27-14-4-6-17-29(27)34(41)42/h1-7,12-14,16-18,30H,8-11,15,19-25H2,(H,37,43)(H,41,42). The molecule has 3 aromatic carbocycles. The monoisotopic (exact) mass is 596 g/mol. The molecule has 1 atom stereocenters. The minimum atomic E-state index is -0.930. The zero-order valence-corrected chi connectivity index (χ0v) is 25.0. The Morgan fingerprint density at radius 1 is 0.909 bits per heavy atom. The number of amides is 2. The van der Waals surface area contributed by atoms with Crippen molar-refractivity contribution >= 4 is 29.4 Å². The number of aryl methyl sites for hydroxylation is 2. The average molecular weight is 597 g/mol. The molecule has 1 heterocycles. The van der Waals surface area contributed by atoms with Crippen molar-refractivity contribution in [3.63, 3.8) is 0 Å². The molecule has 8 heteroatoms. The molecular weight excluding hydrogens is 556 g/mol. The van der Waals surface area contributed by atoms with Gasteiger partial charge in [-0.3, -0.25) is 19.3 Å². The van der Waals surface area contributed by atoms with Gasteiger partial charge in [-0.25, -0.2) is 4.79 Å². The molecule has 0 spiro atoms. The van der Waals surface area contributed by atoms with Crippen LogP contribution in [0.1, 0.15) is 78.4 Å². The number of carbonyl (C=O) groups is 4. The van der Waals surface area contributed by atoms with Gasteiger partial charge < -0.3 is 15.2 Å². The van der Waals surface area contributed by atoms with Crippen molar-refractivity contribution in [1.29, 1.82) is 0 Å². The molecule has 1 saturated carbocycles. The maximum atomic E-state index is 13.9. The molecule has 1 fully saturated rings. The number of aromatic carboxylic acids is 1. The largest absolute Gasteiger partial charge is 0.478 e. The van der Waals surface area contributed by atoms with E-state index in [9.17, 15) is 24.3 Å². The maximum Gasteiger partial charge on any atom is 0.335 e. The highest BCUT2D eigenvalue weighted by molar-refractivity contribution is 6.03. The summed E-state index contributed by atoms with van der Waals surface area (Å²) >= 11 is 0.